The van der Waals surface area contributed by atoms with E-state index in [4.69, 9.17) is 0 Å². The molecule has 0 nitrogen and oxygen atoms in total. The third-order valence-electron chi connectivity index (χ3n) is 10.8. The second-order valence-corrected chi connectivity index (χ2v) is 25.2. The minimum Gasteiger partial charge on any atom is -0.0622 e. The molecule has 0 saturated carbocycles. The predicted octanol–water partition coefficient (Wildman–Crippen LogP) is 11.0. The molecule has 4 heteroatoms. The Hall–Kier alpha value is -4.52. The van der Waals surface area contributed by atoms with Crippen LogP contribution in [-0.2, 0) is 0 Å². The van der Waals surface area contributed by atoms with E-state index in [1.54, 1.807) is 0 Å². The zero-order chi connectivity index (χ0) is 38.2. The van der Waals surface area contributed by atoms with Gasteiger partial charge in [-0.2, -0.15) is 0 Å². The standard InChI is InChI=1S/C52H46P4/c1-51(53(43-27-11-3-12-28-43)44-29-13-4-14-30-44,54(45-31-15-5-16-32-45)46-33-17-6-18-34-46)52(2,55(47-35-19-7-20-36-47)48-37-21-8-22-38-48)56(49-39-23-9-24-40-49)50-41-25-10-26-42-50/h3-42H,1-2H3. The minimum atomic E-state index is -1.04. The zero-order valence-corrected chi connectivity index (χ0v) is 35.5. The predicted molar refractivity (Wildman–Crippen MR) is 253 cm³/mol. The summed E-state index contributed by atoms with van der Waals surface area (Å²) in [5, 5.41) is 11.3. The van der Waals surface area contributed by atoms with Crippen molar-refractivity contribution in [3.63, 3.8) is 0 Å². The highest BCUT2D eigenvalue weighted by Gasteiger charge is 2.63. The van der Waals surface area contributed by atoms with Crippen LogP contribution in [0.25, 0.3) is 0 Å². The van der Waals surface area contributed by atoms with E-state index in [9.17, 15) is 0 Å². The van der Waals surface area contributed by atoms with Gasteiger partial charge in [-0.1, -0.05) is 243 Å². The summed E-state index contributed by atoms with van der Waals surface area (Å²) in [5.74, 6) is 0. The Balaban J connectivity index is 1.62. The van der Waals surface area contributed by atoms with Gasteiger partial charge >= 0.3 is 0 Å². The largest absolute Gasteiger partial charge is 0.0622 e. The molecule has 0 spiro atoms. The quantitative estimate of drug-likeness (QED) is 0.102. The average molecular weight is 795 g/mol. The van der Waals surface area contributed by atoms with Crippen LogP contribution in [0.5, 0.6) is 0 Å². The molecule has 0 unspecified atom stereocenters. The number of rotatable bonds is 13. The van der Waals surface area contributed by atoms with E-state index in [1.807, 2.05) is 0 Å². The Morgan fingerprint density at radius 3 is 0.411 bits per heavy atom. The summed E-state index contributed by atoms with van der Waals surface area (Å²) in [6.07, 6.45) is 0. The van der Waals surface area contributed by atoms with Gasteiger partial charge in [0.05, 0.1) is 0 Å². The topological polar surface area (TPSA) is 0 Å². The van der Waals surface area contributed by atoms with Gasteiger partial charge in [0, 0.05) is 9.79 Å². The molecule has 8 aromatic rings. The van der Waals surface area contributed by atoms with Crippen LogP contribution in [-0.4, -0.2) is 9.79 Å². The first-order valence-electron chi connectivity index (χ1n) is 19.2. The molecule has 0 heterocycles. The molecule has 0 fully saturated rings. The average Bonchev–Trinajstić information content (AvgIpc) is 3.27. The summed E-state index contributed by atoms with van der Waals surface area (Å²) >= 11 is 0. The maximum atomic E-state index is 2.73. The summed E-state index contributed by atoms with van der Waals surface area (Å²) in [6, 6.07) is 92.2. The molecule has 0 aliphatic heterocycles. The van der Waals surface area contributed by atoms with Crippen LogP contribution < -0.4 is 42.4 Å². The summed E-state index contributed by atoms with van der Waals surface area (Å²) in [4.78, 5) is -0.699. The molecule has 0 amide bonds. The van der Waals surface area contributed by atoms with Crippen molar-refractivity contribution in [2.45, 2.75) is 23.6 Å². The lowest BCUT2D eigenvalue weighted by Crippen LogP contribution is -2.55. The normalized spacial score (nSPS) is 12.0. The SMILES string of the molecule is CC(P(c1ccccc1)c1ccccc1)(P(c1ccccc1)c1ccccc1)C(C)(P(c1ccccc1)c1ccccc1)P(c1ccccc1)c1ccccc1. The lowest BCUT2D eigenvalue weighted by Gasteiger charge is -2.61. The Labute approximate surface area is 338 Å². The zero-order valence-electron chi connectivity index (χ0n) is 31.9. The molecule has 56 heavy (non-hydrogen) atoms. The van der Waals surface area contributed by atoms with Crippen molar-refractivity contribution >= 4 is 74.1 Å². The van der Waals surface area contributed by atoms with Crippen molar-refractivity contribution in [3.8, 4) is 0 Å². The molecule has 274 valence electrons. The van der Waals surface area contributed by atoms with E-state index >= 15 is 0 Å². The molecule has 0 aliphatic rings. The fraction of sp³-hybridized carbons (Fsp3) is 0.0769. The molecule has 0 radical (unpaired) electrons. The van der Waals surface area contributed by atoms with Crippen LogP contribution in [0.2, 0.25) is 0 Å². The van der Waals surface area contributed by atoms with Crippen LogP contribution in [0.3, 0.4) is 0 Å². The van der Waals surface area contributed by atoms with Crippen molar-refractivity contribution in [2.75, 3.05) is 0 Å². The molecule has 0 atom stereocenters. The van der Waals surface area contributed by atoms with E-state index in [-0.39, 0.29) is 9.79 Å². The third-order valence-corrected chi connectivity index (χ3v) is 25.6. The Kier molecular flexibility index (Phi) is 12.1. The first kappa shape index (κ1) is 38.4. The molecule has 0 N–H and O–H groups in total. The second kappa shape index (κ2) is 17.7. The van der Waals surface area contributed by atoms with E-state index in [0.717, 1.165) is 0 Å². The highest BCUT2D eigenvalue weighted by molar-refractivity contribution is 7.98. The van der Waals surface area contributed by atoms with Crippen molar-refractivity contribution in [1.29, 1.82) is 0 Å². The van der Waals surface area contributed by atoms with Gasteiger partial charge in [0.25, 0.3) is 0 Å². The van der Waals surface area contributed by atoms with Crippen molar-refractivity contribution in [1.82, 2.24) is 0 Å². The highest BCUT2D eigenvalue weighted by atomic mass is 31.2. The van der Waals surface area contributed by atoms with E-state index in [0.29, 0.717) is 0 Å². The number of benzene rings is 8. The van der Waals surface area contributed by atoms with Gasteiger partial charge in [0.2, 0.25) is 0 Å². The Morgan fingerprint density at radius 1 is 0.196 bits per heavy atom. The van der Waals surface area contributed by atoms with E-state index in [2.05, 4.69) is 257 Å². The maximum Gasteiger partial charge on any atom is 0.0382 e. The van der Waals surface area contributed by atoms with Crippen LogP contribution in [0, 0.1) is 0 Å². The first-order chi connectivity index (χ1) is 27.6. The minimum absolute atomic E-state index is 0.349. The molecule has 8 aromatic carbocycles. The van der Waals surface area contributed by atoms with Gasteiger partial charge in [-0.15, -0.1) is 0 Å². The number of hydrogen-bond acceptors (Lipinski definition) is 0. The van der Waals surface area contributed by atoms with Gasteiger partial charge < -0.3 is 0 Å². The van der Waals surface area contributed by atoms with E-state index < -0.39 is 31.7 Å². The van der Waals surface area contributed by atoms with Crippen molar-refractivity contribution in [3.05, 3.63) is 243 Å². The Bertz CT molecular complexity index is 1880. The second-order valence-electron chi connectivity index (χ2n) is 14.1. The first-order valence-corrected chi connectivity index (χ1v) is 24.6. The van der Waals surface area contributed by atoms with Crippen LogP contribution in [0.4, 0.5) is 0 Å². The highest BCUT2D eigenvalue weighted by Crippen LogP contribution is 2.82. The molecule has 0 aromatic heterocycles. The van der Waals surface area contributed by atoms with Crippen LogP contribution >= 0.6 is 31.7 Å². The van der Waals surface area contributed by atoms with Gasteiger partial charge in [-0.05, 0) is 88.0 Å². The molecule has 0 bridgehead atoms. The molecule has 8 rings (SSSR count). The van der Waals surface area contributed by atoms with Gasteiger partial charge in [0.1, 0.15) is 0 Å². The third kappa shape index (κ3) is 7.51. The van der Waals surface area contributed by atoms with Crippen molar-refractivity contribution in [2.24, 2.45) is 0 Å². The fourth-order valence-corrected chi connectivity index (χ4v) is 25.7. The summed E-state index contributed by atoms with van der Waals surface area (Å²) in [5.41, 5.74) is 0. The molecule has 0 aliphatic carbocycles. The number of hydrogen-bond donors (Lipinski definition) is 0. The summed E-state index contributed by atoms with van der Waals surface area (Å²) in [6.45, 7) is 5.46. The Morgan fingerprint density at radius 2 is 0.304 bits per heavy atom. The van der Waals surface area contributed by atoms with Crippen molar-refractivity contribution < 1.29 is 0 Å². The van der Waals surface area contributed by atoms with Crippen LogP contribution in [0.1, 0.15) is 13.8 Å². The monoisotopic (exact) mass is 794 g/mol. The molecular weight excluding hydrogens is 748 g/mol. The lowest BCUT2D eigenvalue weighted by atomic mass is 10.3. The molecular formula is C52H46P4. The fourth-order valence-electron chi connectivity index (χ4n) is 8.27. The smallest absolute Gasteiger partial charge is 0.0382 e. The maximum absolute atomic E-state index is 2.73. The van der Waals surface area contributed by atoms with Crippen LogP contribution in [0.15, 0.2) is 243 Å². The van der Waals surface area contributed by atoms with Gasteiger partial charge in [-0.3, -0.25) is 0 Å². The summed E-state index contributed by atoms with van der Waals surface area (Å²) in [7, 11) is -4.14. The molecule has 0 saturated heterocycles. The summed E-state index contributed by atoms with van der Waals surface area (Å²) < 4.78 is 0. The van der Waals surface area contributed by atoms with Gasteiger partial charge in [-0.25, -0.2) is 0 Å². The van der Waals surface area contributed by atoms with E-state index in [1.165, 1.54) is 42.4 Å². The lowest BCUT2D eigenvalue weighted by molar-refractivity contribution is 0.781. The van der Waals surface area contributed by atoms with Gasteiger partial charge in [0.15, 0.2) is 0 Å².